The smallest absolute Gasteiger partial charge is 0.271 e. The van der Waals surface area contributed by atoms with Crippen LogP contribution in [0.1, 0.15) is 25.0 Å². The van der Waals surface area contributed by atoms with Gasteiger partial charge in [0.25, 0.3) is 5.91 Å². The standard InChI is InChI=1S/C26H22N2O2S/c1-26(2)17-19-15-18(13-14-22(19)30-26)16-23-24(29)28(21-11-7-4-8-12-21)25(31-23)27-20-9-5-3-6-10-20/h3-16H,17H2,1-2H3/b23-16+,27-25?. The van der Waals surface area contributed by atoms with Crippen molar-refractivity contribution < 1.29 is 9.53 Å². The number of carbonyl (C=O) groups excluding carboxylic acids is 1. The summed E-state index contributed by atoms with van der Waals surface area (Å²) in [5, 5.41) is 0.652. The van der Waals surface area contributed by atoms with Gasteiger partial charge in [-0.1, -0.05) is 42.5 Å². The van der Waals surface area contributed by atoms with Crippen molar-refractivity contribution in [2.45, 2.75) is 25.9 Å². The molecule has 3 aromatic rings. The Balaban J connectivity index is 1.52. The molecule has 5 rings (SSSR count). The lowest BCUT2D eigenvalue weighted by Gasteiger charge is -2.16. The number of anilines is 1. The normalized spacial score (nSPS) is 19.7. The van der Waals surface area contributed by atoms with Gasteiger partial charge in [-0.3, -0.25) is 9.69 Å². The summed E-state index contributed by atoms with van der Waals surface area (Å²) in [5.74, 6) is 0.859. The van der Waals surface area contributed by atoms with E-state index >= 15 is 0 Å². The molecular weight excluding hydrogens is 404 g/mol. The van der Waals surface area contributed by atoms with Gasteiger partial charge in [-0.25, -0.2) is 4.99 Å². The number of ether oxygens (including phenoxy) is 1. The van der Waals surface area contributed by atoms with E-state index in [0.717, 1.165) is 29.1 Å². The van der Waals surface area contributed by atoms with E-state index in [9.17, 15) is 4.79 Å². The Hall–Kier alpha value is -3.31. The zero-order valence-corrected chi connectivity index (χ0v) is 18.2. The number of thioether (sulfide) groups is 1. The second-order valence-electron chi connectivity index (χ2n) is 8.22. The molecule has 31 heavy (non-hydrogen) atoms. The van der Waals surface area contributed by atoms with Crippen molar-refractivity contribution in [2.24, 2.45) is 4.99 Å². The first-order valence-corrected chi connectivity index (χ1v) is 11.0. The first-order valence-electron chi connectivity index (χ1n) is 10.2. The highest BCUT2D eigenvalue weighted by molar-refractivity contribution is 8.19. The summed E-state index contributed by atoms with van der Waals surface area (Å²) < 4.78 is 5.98. The molecule has 0 N–H and O–H groups in total. The fraction of sp³-hybridized carbons (Fsp3) is 0.154. The van der Waals surface area contributed by atoms with Crippen LogP contribution < -0.4 is 9.64 Å². The molecule has 0 saturated carbocycles. The summed E-state index contributed by atoms with van der Waals surface area (Å²) in [5.41, 5.74) is 3.60. The number of nitrogens with zero attached hydrogens (tertiary/aromatic N) is 2. The predicted octanol–water partition coefficient (Wildman–Crippen LogP) is 6.21. The first-order chi connectivity index (χ1) is 15.0. The van der Waals surface area contributed by atoms with Crippen LogP contribution in [-0.4, -0.2) is 16.7 Å². The van der Waals surface area contributed by atoms with E-state index in [0.29, 0.717) is 10.1 Å². The molecule has 5 heteroatoms. The second kappa shape index (κ2) is 7.75. The third kappa shape index (κ3) is 4.01. The zero-order valence-electron chi connectivity index (χ0n) is 17.4. The quantitative estimate of drug-likeness (QED) is 0.468. The monoisotopic (exact) mass is 426 g/mol. The summed E-state index contributed by atoms with van der Waals surface area (Å²) in [4.78, 5) is 20.5. The minimum absolute atomic E-state index is 0.0667. The summed E-state index contributed by atoms with van der Waals surface area (Å²) in [6.45, 7) is 4.18. The fourth-order valence-corrected chi connectivity index (χ4v) is 4.84. The minimum Gasteiger partial charge on any atom is -0.487 e. The highest BCUT2D eigenvalue weighted by Gasteiger charge is 2.35. The van der Waals surface area contributed by atoms with Crippen molar-refractivity contribution in [1.29, 1.82) is 0 Å². The molecule has 0 bridgehead atoms. The van der Waals surface area contributed by atoms with E-state index in [2.05, 4.69) is 19.9 Å². The number of amidine groups is 1. The Morgan fingerprint density at radius 1 is 1.00 bits per heavy atom. The van der Waals surface area contributed by atoms with Gasteiger partial charge in [-0.2, -0.15) is 0 Å². The Bertz CT molecular complexity index is 1200. The van der Waals surface area contributed by atoms with Crippen molar-refractivity contribution in [1.82, 2.24) is 0 Å². The number of para-hydroxylation sites is 2. The molecule has 154 valence electrons. The number of rotatable bonds is 3. The van der Waals surface area contributed by atoms with Gasteiger partial charge in [0.2, 0.25) is 0 Å². The number of aliphatic imine (C=N–C) groups is 1. The van der Waals surface area contributed by atoms with Crippen LogP contribution in [0.5, 0.6) is 5.75 Å². The minimum atomic E-state index is -0.189. The molecular formula is C26H22N2O2S. The lowest BCUT2D eigenvalue weighted by atomic mass is 10.00. The molecule has 2 aliphatic rings. The van der Waals surface area contributed by atoms with Crippen LogP contribution >= 0.6 is 11.8 Å². The average Bonchev–Trinajstić information content (AvgIpc) is 3.23. The van der Waals surface area contributed by atoms with Crippen LogP contribution in [0.3, 0.4) is 0 Å². The molecule has 1 amide bonds. The van der Waals surface area contributed by atoms with Crippen LogP contribution in [0.25, 0.3) is 6.08 Å². The van der Waals surface area contributed by atoms with Gasteiger partial charge in [0, 0.05) is 6.42 Å². The molecule has 2 heterocycles. The van der Waals surface area contributed by atoms with Gasteiger partial charge in [0.05, 0.1) is 16.3 Å². The Labute approximate surface area is 186 Å². The van der Waals surface area contributed by atoms with Gasteiger partial charge in [0.1, 0.15) is 11.4 Å². The molecule has 0 spiro atoms. The van der Waals surface area contributed by atoms with E-state index in [1.807, 2.05) is 78.9 Å². The van der Waals surface area contributed by atoms with E-state index in [1.54, 1.807) is 4.90 Å². The van der Waals surface area contributed by atoms with Crippen LogP contribution in [0.2, 0.25) is 0 Å². The molecule has 0 unspecified atom stereocenters. The Morgan fingerprint density at radius 2 is 1.71 bits per heavy atom. The van der Waals surface area contributed by atoms with Crippen LogP contribution in [-0.2, 0) is 11.2 Å². The topological polar surface area (TPSA) is 41.9 Å². The van der Waals surface area contributed by atoms with Crippen LogP contribution in [0.15, 0.2) is 88.8 Å². The maximum Gasteiger partial charge on any atom is 0.271 e. The zero-order chi connectivity index (χ0) is 21.4. The summed E-state index contributed by atoms with van der Waals surface area (Å²) >= 11 is 1.40. The molecule has 0 atom stereocenters. The number of hydrogen-bond donors (Lipinski definition) is 0. The molecule has 1 fully saturated rings. The molecule has 4 nitrogen and oxygen atoms in total. The first kappa shape index (κ1) is 19.6. The van der Waals surface area contributed by atoms with Gasteiger partial charge in [-0.05, 0) is 79.2 Å². The largest absolute Gasteiger partial charge is 0.487 e. The number of benzene rings is 3. The van der Waals surface area contributed by atoms with Crippen LogP contribution in [0, 0.1) is 0 Å². The van der Waals surface area contributed by atoms with Crippen LogP contribution in [0.4, 0.5) is 11.4 Å². The maximum absolute atomic E-state index is 13.4. The fourth-order valence-electron chi connectivity index (χ4n) is 3.84. The number of carbonyl (C=O) groups is 1. The van der Waals surface area contributed by atoms with Crippen molar-refractivity contribution in [3.63, 3.8) is 0 Å². The average molecular weight is 427 g/mol. The van der Waals surface area contributed by atoms with Crippen molar-refractivity contribution in [2.75, 3.05) is 4.90 Å². The van der Waals surface area contributed by atoms with Crippen molar-refractivity contribution >= 4 is 40.3 Å². The van der Waals surface area contributed by atoms with Crippen molar-refractivity contribution in [3.8, 4) is 5.75 Å². The Morgan fingerprint density at radius 3 is 2.45 bits per heavy atom. The predicted molar refractivity (Wildman–Crippen MR) is 128 cm³/mol. The van der Waals surface area contributed by atoms with E-state index < -0.39 is 0 Å². The number of fused-ring (bicyclic) bond motifs is 1. The third-order valence-electron chi connectivity index (χ3n) is 5.19. The van der Waals surface area contributed by atoms with Crippen molar-refractivity contribution in [3.05, 3.63) is 94.9 Å². The number of amides is 1. The molecule has 3 aromatic carbocycles. The molecule has 0 radical (unpaired) electrons. The third-order valence-corrected chi connectivity index (χ3v) is 6.16. The molecule has 1 saturated heterocycles. The van der Waals surface area contributed by atoms with Gasteiger partial charge in [0.15, 0.2) is 5.17 Å². The SMILES string of the molecule is CC1(C)Cc2cc(/C=C3/SC(=Nc4ccccc4)N(c4ccccc4)C3=O)ccc2O1. The highest BCUT2D eigenvalue weighted by atomic mass is 32.2. The van der Waals surface area contributed by atoms with E-state index in [-0.39, 0.29) is 11.5 Å². The summed E-state index contributed by atoms with van der Waals surface area (Å²) in [6.07, 6.45) is 2.80. The molecule has 0 aliphatic carbocycles. The Kier molecular flexibility index (Phi) is 4.91. The molecule has 2 aliphatic heterocycles. The number of hydrogen-bond acceptors (Lipinski definition) is 4. The summed E-state index contributed by atoms with van der Waals surface area (Å²) in [7, 11) is 0. The maximum atomic E-state index is 13.4. The summed E-state index contributed by atoms with van der Waals surface area (Å²) in [6, 6.07) is 25.5. The van der Waals surface area contributed by atoms with E-state index in [4.69, 9.17) is 9.73 Å². The van der Waals surface area contributed by atoms with Gasteiger partial charge in [-0.15, -0.1) is 0 Å². The molecule has 0 aromatic heterocycles. The van der Waals surface area contributed by atoms with E-state index in [1.165, 1.54) is 17.3 Å². The van der Waals surface area contributed by atoms with Gasteiger partial charge >= 0.3 is 0 Å². The second-order valence-corrected chi connectivity index (χ2v) is 9.23. The lowest BCUT2D eigenvalue weighted by Crippen LogP contribution is -2.28. The highest BCUT2D eigenvalue weighted by Crippen LogP contribution is 2.39. The van der Waals surface area contributed by atoms with Gasteiger partial charge < -0.3 is 4.74 Å². The lowest BCUT2D eigenvalue weighted by molar-refractivity contribution is -0.113.